The molecule has 0 atom stereocenters. The van der Waals surface area contributed by atoms with Crippen molar-refractivity contribution >= 4 is 23.3 Å². The normalized spacial score (nSPS) is 16.9. The Morgan fingerprint density at radius 2 is 0.778 bits per heavy atom. The Kier molecular flexibility index (Phi) is 4.53. The van der Waals surface area contributed by atoms with Crippen LogP contribution in [0.5, 0.6) is 0 Å². The van der Waals surface area contributed by atoms with Gasteiger partial charge in [0, 0.05) is 0 Å². The van der Waals surface area contributed by atoms with Crippen molar-refractivity contribution in [3.05, 3.63) is 128 Å². The third kappa shape index (κ3) is 3.21. The summed E-state index contributed by atoms with van der Waals surface area (Å²) in [5, 5.41) is 0. The van der Waals surface area contributed by atoms with Crippen LogP contribution in [0.25, 0.3) is 34.4 Å². The van der Waals surface area contributed by atoms with Gasteiger partial charge in [0.25, 0.3) is 0 Å². The summed E-state index contributed by atoms with van der Waals surface area (Å²) in [6, 6.07) is 28.1. The van der Waals surface area contributed by atoms with Gasteiger partial charge in [-0.15, -0.1) is 0 Å². The van der Waals surface area contributed by atoms with Crippen molar-refractivity contribution in [2.45, 2.75) is 51.4 Å². The summed E-state index contributed by atoms with van der Waals surface area (Å²) in [7, 11) is 0. The van der Waals surface area contributed by atoms with Gasteiger partial charge >= 0.3 is 0 Å². The van der Waals surface area contributed by atoms with Crippen LogP contribution in [0.4, 0.5) is 0 Å². The fourth-order valence-corrected chi connectivity index (χ4v) is 7.19. The second kappa shape index (κ2) is 7.93. The van der Waals surface area contributed by atoms with E-state index in [0.29, 0.717) is 0 Å². The van der Waals surface area contributed by atoms with Crippen LogP contribution in [0, 0.1) is 0 Å². The van der Waals surface area contributed by atoms with E-state index in [2.05, 4.69) is 84.9 Å². The highest BCUT2D eigenvalue weighted by molar-refractivity contribution is 5.99. The van der Waals surface area contributed by atoms with Gasteiger partial charge < -0.3 is 0 Å². The first-order valence-electron chi connectivity index (χ1n) is 13.7. The zero-order valence-electron chi connectivity index (χ0n) is 20.7. The van der Waals surface area contributed by atoms with E-state index in [9.17, 15) is 0 Å². The van der Waals surface area contributed by atoms with Gasteiger partial charge in [-0.05, 0) is 129 Å². The Balaban J connectivity index is 1.20. The van der Waals surface area contributed by atoms with E-state index in [4.69, 9.17) is 0 Å². The molecular weight excluding hydrogens is 432 g/mol. The molecule has 4 aliphatic carbocycles. The molecule has 4 aromatic rings. The molecule has 0 spiro atoms. The molecule has 36 heavy (non-hydrogen) atoms. The number of rotatable bonds is 3. The molecular formula is C36H30. The van der Waals surface area contributed by atoms with Gasteiger partial charge in [-0.1, -0.05) is 84.9 Å². The third-order valence-electron chi connectivity index (χ3n) is 8.96. The molecule has 0 heterocycles. The topological polar surface area (TPSA) is 0 Å². The smallest absolute Gasteiger partial charge is 0.00133 e. The third-order valence-corrected chi connectivity index (χ3v) is 8.96. The lowest BCUT2D eigenvalue weighted by Crippen LogP contribution is -1.95. The molecule has 0 fully saturated rings. The molecule has 4 aliphatic rings. The number of fused-ring (bicyclic) bond motifs is 4. The van der Waals surface area contributed by atoms with Crippen molar-refractivity contribution in [1.82, 2.24) is 0 Å². The van der Waals surface area contributed by atoms with E-state index in [0.717, 1.165) is 12.8 Å². The Morgan fingerprint density at radius 1 is 0.389 bits per heavy atom. The lowest BCUT2D eigenvalue weighted by Gasteiger charge is -2.16. The lowest BCUT2D eigenvalue weighted by molar-refractivity contribution is 0.911. The van der Waals surface area contributed by atoms with Crippen molar-refractivity contribution in [2.75, 3.05) is 0 Å². The lowest BCUT2D eigenvalue weighted by atomic mass is 9.88. The molecule has 0 aromatic heterocycles. The highest BCUT2D eigenvalue weighted by Gasteiger charge is 2.24. The maximum atomic E-state index is 2.50. The minimum atomic E-state index is 1.04. The standard InChI is InChI=1S/C36H30/c1-3-13-35(33(11-1)31-19-27-15-23-7-5-8-24(23)16-28(27)20-31)36-14-4-2-12-34(36)32-21-29-17-25-9-6-10-26(25)18-30(29)22-32/h1-4,11-19,21H,5-10,20,22H2. The van der Waals surface area contributed by atoms with Crippen LogP contribution in [0.3, 0.4) is 0 Å². The summed E-state index contributed by atoms with van der Waals surface area (Å²) < 4.78 is 0. The summed E-state index contributed by atoms with van der Waals surface area (Å²) in [5.74, 6) is 0. The second-order valence-corrected chi connectivity index (χ2v) is 11.1. The van der Waals surface area contributed by atoms with Crippen molar-refractivity contribution < 1.29 is 0 Å². The van der Waals surface area contributed by atoms with E-state index in [-0.39, 0.29) is 0 Å². The molecule has 0 nitrogen and oxygen atoms in total. The molecule has 0 heteroatoms. The molecule has 0 bridgehead atoms. The summed E-state index contributed by atoms with van der Waals surface area (Å²) in [6.45, 7) is 0. The Morgan fingerprint density at radius 3 is 1.22 bits per heavy atom. The first-order chi connectivity index (χ1) is 17.8. The second-order valence-electron chi connectivity index (χ2n) is 11.1. The van der Waals surface area contributed by atoms with Gasteiger partial charge in [-0.2, -0.15) is 0 Å². The average molecular weight is 463 g/mol. The zero-order chi connectivity index (χ0) is 23.6. The van der Waals surface area contributed by atoms with Gasteiger partial charge in [-0.25, -0.2) is 0 Å². The van der Waals surface area contributed by atoms with Crippen molar-refractivity contribution in [3.8, 4) is 11.1 Å². The molecule has 8 rings (SSSR count). The minimum absolute atomic E-state index is 1.04. The largest absolute Gasteiger partial charge is 0.0616 e. The molecule has 0 amide bonds. The Bertz CT molecular complexity index is 1500. The fraction of sp³-hybridized carbons (Fsp3) is 0.222. The van der Waals surface area contributed by atoms with E-state index >= 15 is 0 Å². The SMILES string of the molecule is C1=C(c2ccccc2-c2ccccc2C2=Cc3cc4c(cc3C2)CCC4)Cc2cc3c(cc21)CCC3. The number of hydrogen-bond acceptors (Lipinski definition) is 0. The Labute approximate surface area is 214 Å². The molecule has 0 radical (unpaired) electrons. The zero-order valence-corrected chi connectivity index (χ0v) is 20.7. The first kappa shape index (κ1) is 20.5. The number of benzene rings is 4. The summed E-state index contributed by atoms with van der Waals surface area (Å²) in [6.07, 6.45) is 14.6. The molecule has 0 unspecified atom stereocenters. The molecule has 0 saturated carbocycles. The number of allylic oxidation sites excluding steroid dienone is 2. The molecule has 0 aliphatic heterocycles. The van der Waals surface area contributed by atoms with E-state index in [1.807, 2.05) is 0 Å². The molecule has 0 N–H and O–H groups in total. The average Bonchev–Trinajstić information content (AvgIpc) is 3.71. The summed E-state index contributed by atoms with van der Waals surface area (Å²) in [4.78, 5) is 0. The molecule has 174 valence electrons. The van der Waals surface area contributed by atoms with Gasteiger partial charge in [0.15, 0.2) is 0 Å². The predicted molar refractivity (Wildman–Crippen MR) is 152 cm³/mol. The minimum Gasteiger partial charge on any atom is -0.0616 e. The highest BCUT2D eigenvalue weighted by atomic mass is 14.3. The number of hydrogen-bond donors (Lipinski definition) is 0. The monoisotopic (exact) mass is 462 g/mol. The van der Waals surface area contributed by atoms with Gasteiger partial charge in [0.1, 0.15) is 0 Å². The number of aryl methyl sites for hydroxylation is 4. The van der Waals surface area contributed by atoms with Crippen LogP contribution in [-0.4, -0.2) is 0 Å². The van der Waals surface area contributed by atoms with Crippen molar-refractivity contribution in [1.29, 1.82) is 0 Å². The maximum absolute atomic E-state index is 2.50. The van der Waals surface area contributed by atoms with Gasteiger partial charge in [0.2, 0.25) is 0 Å². The first-order valence-corrected chi connectivity index (χ1v) is 13.7. The van der Waals surface area contributed by atoms with Crippen molar-refractivity contribution in [3.63, 3.8) is 0 Å². The van der Waals surface area contributed by atoms with Crippen molar-refractivity contribution in [2.24, 2.45) is 0 Å². The summed E-state index contributed by atoms with van der Waals surface area (Å²) >= 11 is 0. The van der Waals surface area contributed by atoms with Crippen LogP contribution in [0.2, 0.25) is 0 Å². The summed E-state index contributed by atoms with van der Waals surface area (Å²) in [5.41, 5.74) is 20.6. The van der Waals surface area contributed by atoms with Crippen LogP contribution >= 0.6 is 0 Å². The van der Waals surface area contributed by atoms with E-state index in [1.54, 1.807) is 22.3 Å². The van der Waals surface area contributed by atoms with Crippen LogP contribution < -0.4 is 0 Å². The quantitative estimate of drug-likeness (QED) is 0.286. The molecule has 4 aromatic carbocycles. The van der Waals surface area contributed by atoms with Crippen LogP contribution in [0.15, 0.2) is 72.8 Å². The maximum Gasteiger partial charge on any atom is -0.00133 e. The van der Waals surface area contributed by atoms with E-state index in [1.165, 1.54) is 94.2 Å². The fourth-order valence-electron chi connectivity index (χ4n) is 7.19. The Hall–Kier alpha value is -3.64. The predicted octanol–water partition coefficient (Wildman–Crippen LogP) is 8.52. The van der Waals surface area contributed by atoms with Crippen LogP contribution in [0.1, 0.15) is 68.5 Å². The molecule has 0 saturated heterocycles. The highest BCUT2D eigenvalue weighted by Crippen LogP contribution is 2.43. The van der Waals surface area contributed by atoms with Gasteiger partial charge in [-0.3, -0.25) is 0 Å². The van der Waals surface area contributed by atoms with Crippen LogP contribution in [-0.2, 0) is 38.5 Å². The van der Waals surface area contributed by atoms with E-state index < -0.39 is 0 Å². The van der Waals surface area contributed by atoms with Gasteiger partial charge in [0.05, 0.1) is 0 Å².